The third-order valence-electron chi connectivity index (χ3n) is 5.02. The molecule has 1 N–H and O–H groups in total. The van der Waals surface area contributed by atoms with Crippen LogP contribution in [0.2, 0.25) is 0 Å². The minimum absolute atomic E-state index is 0.314. The lowest BCUT2D eigenvalue weighted by atomic mass is 9.96. The molecular formula is C16H20F3N. The Morgan fingerprint density at radius 3 is 2.55 bits per heavy atom. The molecule has 3 rings (SSSR count). The summed E-state index contributed by atoms with van der Waals surface area (Å²) >= 11 is 0. The predicted molar refractivity (Wildman–Crippen MR) is 72.3 cm³/mol. The van der Waals surface area contributed by atoms with Gasteiger partial charge in [0, 0.05) is 6.04 Å². The molecule has 2 aliphatic carbocycles. The van der Waals surface area contributed by atoms with Crippen LogP contribution in [0.5, 0.6) is 0 Å². The van der Waals surface area contributed by atoms with Gasteiger partial charge in [-0.05, 0) is 55.7 Å². The Morgan fingerprint density at radius 2 is 1.95 bits per heavy atom. The van der Waals surface area contributed by atoms with Crippen molar-refractivity contribution < 1.29 is 13.2 Å². The van der Waals surface area contributed by atoms with E-state index in [0.717, 1.165) is 23.5 Å². The van der Waals surface area contributed by atoms with Crippen LogP contribution >= 0.6 is 0 Å². The molecule has 3 unspecified atom stereocenters. The standard InChI is InChI=1S/C16H20F3N/c1-20-14(15-12-6-3-7-13(12)15)9-10-4-2-5-11(8-10)16(17,18)19/h2,4-5,8,12-15,20H,3,6-7,9H2,1H3. The molecule has 0 heterocycles. The van der Waals surface area contributed by atoms with Crippen molar-refractivity contribution in [2.75, 3.05) is 7.05 Å². The van der Waals surface area contributed by atoms with Crippen LogP contribution in [-0.2, 0) is 12.6 Å². The smallest absolute Gasteiger partial charge is 0.316 e. The number of likely N-dealkylation sites (N-methyl/N-ethyl adjacent to an activating group) is 1. The van der Waals surface area contributed by atoms with Gasteiger partial charge in [0.15, 0.2) is 0 Å². The monoisotopic (exact) mass is 283 g/mol. The van der Waals surface area contributed by atoms with Gasteiger partial charge in [-0.1, -0.05) is 24.6 Å². The first-order valence-electron chi connectivity index (χ1n) is 7.34. The molecule has 2 aliphatic rings. The van der Waals surface area contributed by atoms with Gasteiger partial charge in [0.1, 0.15) is 0 Å². The molecule has 0 amide bonds. The van der Waals surface area contributed by atoms with Crippen LogP contribution in [0.15, 0.2) is 24.3 Å². The van der Waals surface area contributed by atoms with Crippen molar-refractivity contribution in [2.24, 2.45) is 17.8 Å². The van der Waals surface area contributed by atoms with Gasteiger partial charge in [-0.15, -0.1) is 0 Å². The summed E-state index contributed by atoms with van der Waals surface area (Å²) in [6.07, 6.45) is 0.372. The Labute approximate surface area is 117 Å². The summed E-state index contributed by atoms with van der Waals surface area (Å²) in [4.78, 5) is 0. The van der Waals surface area contributed by atoms with Crippen molar-refractivity contribution in [1.29, 1.82) is 0 Å². The van der Waals surface area contributed by atoms with E-state index in [1.807, 2.05) is 7.05 Å². The number of nitrogens with one attached hydrogen (secondary N) is 1. The Kier molecular flexibility index (Phi) is 3.53. The third kappa shape index (κ3) is 2.58. The van der Waals surface area contributed by atoms with Crippen LogP contribution in [0.25, 0.3) is 0 Å². The maximum Gasteiger partial charge on any atom is 0.416 e. The Balaban J connectivity index is 1.70. The topological polar surface area (TPSA) is 12.0 Å². The fraction of sp³-hybridized carbons (Fsp3) is 0.625. The largest absolute Gasteiger partial charge is 0.416 e. The zero-order valence-electron chi connectivity index (χ0n) is 11.6. The van der Waals surface area contributed by atoms with E-state index in [1.165, 1.54) is 31.4 Å². The summed E-state index contributed by atoms with van der Waals surface area (Å²) in [6, 6.07) is 6.07. The Hall–Kier alpha value is -1.03. The zero-order valence-corrected chi connectivity index (χ0v) is 11.6. The van der Waals surface area contributed by atoms with Gasteiger partial charge in [0.25, 0.3) is 0 Å². The van der Waals surface area contributed by atoms with Crippen molar-refractivity contribution in [3.05, 3.63) is 35.4 Å². The summed E-state index contributed by atoms with van der Waals surface area (Å²) in [7, 11) is 1.92. The summed E-state index contributed by atoms with van der Waals surface area (Å²) in [5.41, 5.74) is 0.241. The number of benzene rings is 1. The number of hydrogen-bond acceptors (Lipinski definition) is 1. The molecule has 1 nitrogen and oxygen atoms in total. The first-order chi connectivity index (χ1) is 9.50. The number of fused-ring (bicyclic) bond motifs is 1. The quantitative estimate of drug-likeness (QED) is 0.884. The molecular weight excluding hydrogens is 263 g/mol. The number of hydrogen-bond donors (Lipinski definition) is 1. The molecule has 1 aromatic carbocycles. The molecule has 0 bridgehead atoms. The molecule has 0 spiro atoms. The lowest BCUT2D eigenvalue weighted by molar-refractivity contribution is -0.137. The van der Waals surface area contributed by atoms with Crippen molar-refractivity contribution in [3.8, 4) is 0 Å². The Morgan fingerprint density at radius 1 is 1.25 bits per heavy atom. The second-order valence-corrected chi connectivity index (χ2v) is 6.13. The van der Waals surface area contributed by atoms with Gasteiger partial charge >= 0.3 is 6.18 Å². The van der Waals surface area contributed by atoms with E-state index in [2.05, 4.69) is 5.32 Å². The highest BCUT2D eigenvalue weighted by Crippen LogP contribution is 2.59. The second kappa shape index (κ2) is 5.06. The van der Waals surface area contributed by atoms with E-state index in [0.29, 0.717) is 18.4 Å². The highest BCUT2D eigenvalue weighted by Gasteiger charge is 2.55. The maximum absolute atomic E-state index is 12.7. The Bertz CT molecular complexity index is 473. The molecule has 1 aromatic rings. The fourth-order valence-corrected chi connectivity index (χ4v) is 4.03. The first-order valence-corrected chi connectivity index (χ1v) is 7.34. The van der Waals surface area contributed by atoms with Crippen LogP contribution in [0.3, 0.4) is 0 Å². The van der Waals surface area contributed by atoms with E-state index < -0.39 is 11.7 Å². The summed E-state index contributed by atoms with van der Waals surface area (Å²) in [6.45, 7) is 0. The molecule has 4 heteroatoms. The fourth-order valence-electron chi connectivity index (χ4n) is 4.03. The molecule has 3 atom stereocenters. The van der Waals surface area contributed by atoms with Crippen molar-refractivity contribution in [2.45, 2.75) is 37.9 Å². The van der Waals surface area contributed by atoms with Gasteiger partial charge in [-0.2, -0.15) is 13.2 Å². The molecule has 0 aliphatic heterocycles. The molecule has 110 valence electrons. The van der Waals surface area contributed by atoms with Gasteiger partial charge in [0.2, 0.25) is 0 Å². The zero-order chi connectivity index (χ0) is 14.3. The molecule has 0 saturated heterocycles. The average Bonchev–Trinajstić information content (AvgIpc) is 2.88. The normalized spacial score (nSPS) is 30.1. The van der Waals surface area contributed by atoms with Gasteiger partial charge in [-0.25, -0.2) is 0 Å². The number of rotatable bonds is 4. The highest BCUT2D eigenvalue weighted by molar-refractivity contribution is 5.27. The van der Waals surface area contributed by atoms with Gasteiger partial charge in [0.05, 0.1) is 5.56 Å². The highest BCUT2D eigenvalue weighted by atomic mass is 19.4. The first kappa shape index (κ1) is 13.9. The van der Waals surface area contributed by atoms with E-state index in [1.54, 1.807) is 6.07 Å². The van der Waals surface area contributed by atoms with E-state index in [-0.39, 0.29) is 0 Å². The van der Waals surface area contributed by atoms with Crippen molar-refractivity contribution >= 4 is 0 Å². The number of alkyl halides is 3. The van der Waals surface area contributed by atoms with E-state index >= 15 is 0 Å². The van der Waals surface area contributed by atoms with Crippen LogP contribution in [0, 0.1) is 17.8 Å². The predicted octanol–water partition coefficient (Wildman–Crippen LogP) is 3.88. The van der Waals surface area contributed by atoms with Crippen LogP contribution in [0.4, 0.5) is 13.2 Å². The average molecular weight is 283 g/mol. The minimum atomic E-state index is -4.25. The second-order valence-electron chi connectivity index (χ2n) is 6.13. The lowest BCUT2D eigenvalue weighted by Crippen LogP contribution is -2.31. The summed E-state index contributed by atoms with van der Waals surface area (Å²) in [5, 5.41) is 3.32. The molecule has 2 fully saturated rings. The van der Waals surface area contributed by atoms with Gasteiger partial charge < -0.3 is 5.32 Å². The van der Waals surface area contributed by atoms with Gasteiger partial charge in [-0.3, -0.25) is 0 Å². The summed E-state index contributed by atoms with van der Waals surface area (Å²) in [5.74, 6) is 2.31. The number of halogens is 3. The van der Waals surface area contributed by atoms with Crippen LogP contribution in [-0.4, -0.2) is 13.1 Å². The minimum Gasteiger partial charge on any atom is -0.316 e. The molecule has 0 radical (unpaired) electrons. The van der Waals surface area contributed by atoms with Crippen LogP contribution < -0.4 is 5.32 Å². The third-order valence-corrected chi connectivity index (χ3v) is 5.02. The van der Waals surface area contributed by atoms with E-state index in [9.17, 15) is 13.2 Å². The maximum atomic E-state index is 12.7. The molecule has 2 saturated carbocycles. The molecule has 20 heavy (non-hydrogen) atoms. The van der Waals surface area contributed by atoms with E-state index in [4.69, 9.17) is 0 Å². The van der Waals surface area contributed by atoms with Crippen molar-refractivity contribution in [3.63, 3.8) is 0 Å². The molecule has 0 aromatic heterocycles. The SMILES string of the molecule is CNC(Cc1cccc(C(F)(F)F)c1)C1C2CCCC21. The van der Waals surface area contributed by atoms with Crippen LogP contribution in [0.1, 0.15) is 30.4 Å². The summed E-state index contributed by atoms with van der Waals surface area (Å²) < 4.78 is 38.2. The van der Waals surface area contributed by atoms with Crippen molar-refractivity contribution in [1.82, 2.24) is 5.32 Å². The lowest BCUT2D eigenvalue weighted by Gasteiger charge is -2.19.